The van der Waals surface area contributed by atoms with Gasteiger partial charge in [0.2, 0.25) is 0 Å². The maximum atomic E-state index is 12.1. The molecule has 0 unspecified atom stereocenters. The zero-order chi connectivity index (χ0) is 16.1. The van der Waals surface area contributed by atoms with Gasteiger partial charge in [-0.15, -0.1) is 0 Å². The fourth-order valence-corrected chi connectivity index (χ4v) is 2.45. The highest BCUT2D eigenvalue weighted by Gasteiger charge is 2.20. The van der Waals surface area contributed by atoms with E-state index >= 15 is 0 Å². The summed E-state index contributed by atoms with van der Waals surface area (Å²) in [6, 6.07) is 16.3. The van der Waals surface area contributed by atoms with E-state index in [-0.39, 0.29) is 12.1 Å². The highest BCUT2D eigenvalue weighted by molar-refractivity contribution is 6.00. The molecule has 1 heterocycles. The van der Waals surface area contributed by atoms with Crippen molar-refractivity contribution in [1.82, 2.24) is 10.2 Å². The Labute approximate surface area is 134 Å². The number of hydrogen-bond acceptors (Lipinski definition) is 2. The third-order valence-electron chi connectivity index (χ3n) is 3.60. The summed E-state index contributed by atoms with van der Waals surface area (Å²) in [4.78, 5) is 25.5. The topological polar surface area (TPSA) is 73.5 Å². The Morgan fingerprint density at radius 3 is 2.52 bits per heavy atom. The predicted molar refractivity (Wildman–Crippen MR) is 89.3 cm³/mol. The molecule has 1 fully saturated rings. The summed E-state index contributed by atoms with van der Waals surface area (Å²) in [6.45, 7) is 1.79. The number of anilines is 2. The van der Waals surface area contributed by atoms with E-state index in [2.05, 4.69) is 16.0 Å². The zero-order valence-electron chi connectivity index (χ0n) is 12.6. The van der Waals surface area contributed by atoms with Crippen LogP contribution in [0.2, 0.25) is 0 Å². The lowest BCUT2D eigenvalue weighted by Crippen LogP contribution is -2.28. The largest absolute Gasteiger partial charge is 0.336 e. The number of amides is 4. The first-order chi connectivity index (χ1) is 11.2. The van der Waals surface area contributed by atoms with Crippen molar-refractivity contribution >= 4 is 23.4 Å². The molecule has 4 amide bonds. The Hall–Kier alpha value is -3.02. The number of nitrogens with zero attached hydrogens (tertiary/aromatic N) is 1. The fraction of sp³-hybridized carbons (Fsp3) is 0.176. The van der Waals surface area contributed by atoms with Crippen LogP contribution in [0.3, 0.4) is 0 Å². The number of rotatable bonds is 4. The number of hydrogen-bond donors (Lipinski definition) is 3. The zero-order valence-corrected chi connectivity index (χ0v) is 12.6. The lowest BCUT2D eigenvalue weighted by atomic mass is 10.1. The van der Waals surface area contributed by atoms with Gasteiger partial charge < -0.3 is 20.9 Å². The van der Waals surface area contributed by atoms with Crippen molar-refractivity contribution < 1.29 is 9.59 Å². The van der Waals surface area contributed by atoms with Gasteiger partial charge in [0.15, 0.2) is 0 Å². The number of para-hydroxylation sites is 2. The quantitative estimate of drug-likeness (QED) is 0.812. The maximum Gasteiger partial charge on any atom is 0.323 e. The normalized spacial score (nSPS) is 13.6. The van der Waals surface area contributed by atoms with Gasteiger partial charge in [0.25, 0.3) is 0 Å². The molecule has 2 aromatic rings. The minimum absolute atomic E-state index is 0.0754. The van der Waals surface area contributed by atoms with Gasteiger partial charge in [0.1, 0.15) is 0 Å². The molecular formula is C17H18N4O2. The molecule has 118 valence electrons. The van der Waals surface area contributed by atoms with Gasteiger partial charge in [0, 0.05) is 31.0 Å². The first-order valence-electron chi connectivity index (χ1n) is 7.46. The summed E-state index contributed by atoms with van der Waals surface area (Å²) >= 11 is 0. The van der Waals surface area contributed by atoms with Crippen LogP contribution in [0.5, 0.6) is 0 Å². The van der Waals surface area contributed by atoms with E-state index in [0.29, 0.717) is 25.3 Å². The van der Waals surface area contributed by atoms with Gasteiger partial charge in [0.05, 0.1) is 0 Å². The van der Waals surface area contributed by atoms with Gasteiger partial charge in [-0.25, -0.2) is 9.59 Å². The third kappa shape index (κ3) is 3.79. The molecular weight excluding hydrogens is 292 g/mol. The summed E-state index contributed by atoms with van der Waals surface area (Å²) in [5, 5.41) is 8.39. The van der Waals surface area contributed by atoms with Gasteiger partial charge in [-0.2, -0.15) is 0 Å². The van der Waals surface area contributed by atoms with E-state index in [0.717, 1.165) is 11.3 Å². The Morgan fingerprint density at radius 1 is 1.04 bits per heavy atom. The van der Waals surface area contributed by atoms with Gasteiger partial charge in [-0.1, -0.05) is 36.4 Å². The standard InChI is InChI=1S/C17H18N4O2/c22-16(19-14-7-2-1-3-8-14)20-15-9-5-4-6-13(15)12-21-11-10-18-17(21)23/h1-9H,10-12H2,(H,18,23)(H2,19,20,22). The van der Waals surface area contributed by atoms with E-state index in [1.165, 1.54) is 0 Å². The van der Waals surface area contributed by atoms with Crippen LogP contribution in [-0.2, 0) is 6.54 Å². The van der Waals surface area contributed by atoms with Crippen molar-refractivity contribution in [3.63, 3.8) is 0 Å². The minimum atomic E-state index is -0.311. The van der Waals surface area contributed by atoms with Gasteiger partial charge >= 0.3 is 12.1 Å². The Bertz CT molecular complexity index is 703. The first-order valence-corrected chi connectivity index (χ1v) is 7.46. The van der Waals surface area contributed by atoms with Crippen LogP contribution in [0.25, 0.3) is 0 Å². The lowest BCUT2D eigenvalue weighted by Gasteiger charge is -2.17. The van der Waals surface area contributed by atoms with E-state index in [1.54, 1.807) is 4.90 Å². The molecule has 0 saturated carbocycles. The summed E-state index contributed by atoms with van der Waals surface area (Å²) in [7, 11) is 0. The maximum absolute atomic E-state index is 12.1. The molecule has 0 spiro atoms. The van der Waals surface area contributed by atoms with Crippen LogP contribution < -0.4 is 16.0 Å². The first kappa shape index (κ1) is 14.9. The van der Waals surface area contributed by atoms with Crippen molar-refractivity contribution in [1.29, 1.82) is 0 Å². The van der Waals surface area contributed by atoms with Gasteiger partial charge in [-0.05, 0) is 23.8 Å². The predicted octanol–water partition coefficient (Wildman–Crippen LogP) is 2.86. The molecule has 6 nitrogen and oxygen atoms in total. The van der Waals surface area contributed by atoms with Crippen molar-refractivity contribution in [3.05, 3.63) is 60.2 Å². The average Bonchev–Trinajstić information content (AvgIpc) is 2.95. The molecule has 3 rings (SSSR count). The van der Waals surface area contributed by atoms with Gasteiger partial charge in [-0.3, -0.25) is 0 Å². The van der Waals surface area contributed by atoms with Crippen LogP contribution in [0.4, 0.5) is 21.0 Å². The van der Waals surface area contributed by atoms with Crippen LogP contribution in [0.15, 0.2) is 54.6 Å². The summed E-state index contributed by atoms with van der Waals surface area (Å²) in [5.74, 6) is 0. The molecule has 1 saturated heterocycles. The smallest absolute Gasteiger partial charge is 0.323 e. The minimum Gasteiger partial charge on any atom is -0.336 e. The molecule has 0 radical (unpaired) electrons. The monoisotopic (exact) mass is 310 g/mol. The number of urea groups is 2. The Morgan fingerprint density at radius 2 is 1.78 bits per heavy atom. The van der Waals surface area contributed by atoms with Crippen molar-refractivity contribution in [3.8, 4) is 0 Å². The summed E-state index contributed by atoms with van der Waals surface area (Å²) < 4.78 is 0. The van der Waals surface area contributed by atoms with Crippen LogP contribution in [0.1, 0.15) is 5.56 Å². The summed E-state index contributed by atoms with van der Waals surface area (Å²) in [5.41, 5.74) is 2.31. The highest BCUT2D eigenvalue weighted by Crippen LogP contribution is 2.18. The lowest BCUT2D eigenvalue weighted by molar-refractivity contribution is 0.215. The van der Waals surface area contributed by atoms with Crippen LogP contribution >= 0.6 is 0 Å². The number of carbonyl (C=O) groups is 2. The number of carbonyl (C=O) groups excluding carboxylic acids is 2. The molecule has 6 heteroatoms. The Kier molecular flexibility index (Phi) is 4.42. The Balaban J connectivity index is 1.67. The van der Waals surface area contributed by atoms with E-state index in [4.69, 9.17) is 0 Å². The average molecular weight is 310 g/mol. The van der Waals surface area contributed by atoms with E-state index < -0.39 is 0 Å². The van der Waals surface area contributed by atoms with E-state index in [9.17, 15) is 9.59 Å². The molecule has 2 aromatic carbocycles. The third-order valence-corrected chi connectivity index (χ3v) is 3.60. The second-order valence-electron chi connectivity index (χ2n) is 5.26. The fourth-order valence-electron chi connectivity index (χ4n) is 2.45. The van der Waals surface area contributed by atoms with Crippen molar-refractivity contribution in [2.45, 2.75) is 6.54 Å². The molecule has 1 aliphatic heterocycles. The van der Waals surface area contributed by atoms with Crippen molar-refractivity contribution in [2.24, 2.45) is 0 Å². The van der Waals surface area contributed by atoms with Crippen LogP contribution in [0, 0.1) is 0 Å². The molecule has 0 aliphatic carbocycles. The number of benzene rings is 2. The molecule has 1 aliphatic rings. The molecule has 23 heavy (non-hydrogen) atoms. The second-order valence-corrected chi connectivity index (χ2v) is 5.26. The van der Waals surface area contributed by atoms with Crippen LogP contribution in [-0.4, -0.2) is 30.1 Å². The SMILES string of the molecule is O=C(Nc1ccccc1)Nc1ccccc1CN1CCNC1=O. The van der Waals surface area contributed by atoms with Crippen molar-refractivity contribution in [2.75, 3.05) is 23.7 Å². The summed E-state index contributed by atoms with van der Waals surface area (Å²) in [6.07, 6.45) is 0. The number of nitrogens with one attached hydrogen (secondary N) is 3. The highest BCUT2D eigenvalue weighted by atomic mass is 16.2. The molecule has 0 bridgehead atoms. The molecule has 3 N–H and O–H groups in total. The molecule has 0 atom stereocenters. The second kappa shape index (κ2) is 6.83. The van der Waals surface area contributed by atoms with E-state index in [1.807, 2.05) is 54.6 Å². The molecule has 0 aromatic heterocycles.